The number of isocyanates is 1. The number of oxime groups is 1. The van der Waals surface area contributed by atoms with E-state index in [1.165, 1.54) is 0 Å². The number of rotatable bonds is 3. The van der Waals surface area contributed by atoms with Gasteiger partial charge in [-0.05, 0) is 12.1 Å². The summed E-state index contributed by atoms with van der Waals surface area (Å²) in [6.45, 7) is 0. The highest BCUT2D eigenvalue weighted by Gasteiger charge is 2.67. The van der Waals surface area contributed by atoms with Crippen LogP contribution in [0.15, 0.2) is 22.3 Å². The van der Waals surface area contributed by atoms with Gasteiger partial charge < -0.3 is 9.57 Å². The molecule has 1 atom stereocenters. The first-order chi connectivity index (χ1) is 11.2. The average molecular weight is 367 g/mol. The third-order valence-corrected chi connectivity index (χ3v) is 3.53. The Labute approximate surface area is 136 Å². The molecule has 1 aliphatic heterocycles. The van der Waals surface area contributed by atoms with Crippen LogP contribution in [0.4, 0.5) is 23.2 Å². The van der Waals surface area contributed by atoms with Crippen LogP contribution in [0.2, 0.25) is 5.02 Å². The Bertz CT molecular complexity index is 774. The molecular formula is C13H7ClF4N2O4. The summed E-state index contributed by atoms with van der Waals surface area (Å²) in [6, 6.07) is 1.63. The first-order valence-electron chi connectivity index (χ1n) is 6.13. The van der Waals surface area contributed by atoms with Crippen LogP contribution in [-0.2, 0) is 19.2 Å². The Morgan fingerprint density at radius 3 is 2.71 bits per heavy atom. The van der Waals surface area contributed by atoms with Gasteiger partial charge in [0.2, 0.25) is 6.08 Å². The molecule has 0 radical (unpaired) electrons. The van der Waals surface area contributed by atoms with Crippen LogP contribution in [0.1, 0.15) is 12.0 Å². The van der Waals surface area contributed by atoms with Gasteiger partial charge in [-0.25, -0.2) is 14.0 Å². The zero-order valence-electron chi connectivity index (χ0n) is 11.8. The number of esters is 1. The Kier molecular flexibility index (Phi) is 4.63. The standard InChI is InChI=1S/C13H7ClF4N2O4/c1-23-11(22)12(13(16,17)18)4-10(20-24-12)6-2-9(19-5-21)8(15)3-7(6)14/h2-3H,4H2,1H3. The highest BCUT2D eigenvalue weighted by atomic mass is 35.5. The third kappa shape index (κ3) is 2.85. The molecule has 0 saturated carbocycles. The number of hydrogen-bond donors (Lipinski definition) is 0. The van der Waals surface area contributed by atoms with E-state index < -0.39 is 35.7 Å². The van der Waals surface area contributed by atoms with Crippen LogP contribution in [-0.4, -0.2) is 36.6 Å². The molecule has 128 valence electrons. The van der Waals surface area contributed by atoms with E-state index in [0.717, 1.165) is 25.3 Å². The zero-order valence-corrected chi connectivity index (χ0v) is 12.5. The fourth-order valence-electron chi connectivity index (χ4n) is 2.01. The van der Waals surface area contributed by atoms with Gasteiger partial charge in [0.15, 0.2) is 5.82 Å². The molecule has 0 spiro atoms. The van der Waals surface area contributed by atoms with Crippen molar-refractivity contribution in [3.05, 3.63) is 28.5 Å². The minimum atomic E-state index is -5.12. The maximum atomic E-state index is 13.5. The van der Waals surface area contributed by atoms with Crippen molar-refractivity contribution in [1.29, 1.82) is 0 Å². The van der Waals surface area contributed by atoms with Gasteiger partial charge >= 0.3 is 17.7 Å². The number of hydrogen-bond acceptors (Lipinski definition) is 6. The van der Waals surface area contributed by atoms with Crippen molar-refractivity contribution in [2.75, 3.05) is 7.11 Å². The molecule has 0 aromatic heterocycles. The number of nitrogens with zero attached hydrogens (tertiary/aromatic N) is 2. The summed E-state index contributed by atoms with van der Waals surface area (Å²) >= 11 is 5.79. The summed E-state index contributed by atoms with van der Waals surface area (Å²) in [5, 5.41) is 2.93. The molecule has 1 aromatic rings. The van der Waals surface area contributed by atoms with E-state index in [9.17, 15) is 27.2 Å². The number of methoxy groups -OCH3 is 1. The van der Waals surface area contributed by atoms with Crippen molar-refractivity contribution in [3.8, 4) is 0 Å². The summed E-state index contributed by atoms with van der Waals surface area (Å²) < 4.78 is 57.4. The molecule has 0 bridgehead atoms. The number of ether oxygens (including phenoxy) is 1. The highest BCUT2D eigenvalue weighted by molar-refractivity contribution is 6.34. The van der Waals surface area contributed by atoms with Crippen molar-refractivity contribution < 1.29 is 36.7 Å². The smallest absolute Gasteiger partial charge is 0.442 e. The Morgan fingerprint density at radius 1 is 1.50 bits per heavy atom. The van der Waals surface area contributed by atoms with Crippen LogP contribution in [0.5, 0.6) is 0 Å². The van der Waals surface area contributed by atoms with Gasteiger partial charge in [-0.3, -0.25) is 0 Å². The van der Waals surface area contributed by atoms with Gasteiger partial charge in [-0.2, -0.15) is 18.2 Å². The van der Waals surface area contributed by atoms with E-state index in [1.54, 1.807) is 0 Å². The summed E-state index contributed by atoms with van der Waals surface area (Å²) in [4.78, 5) is 29.2. The molecule has 11 heteroatoms. The van der Waals surface area contributed by atoms with Crippen molar-refractivity contribution in [3.63, 3.8) is 0 Å². The van der Waals surface area contributed by atoms with E-state index in [1.807, 2.05) is 0 Å². The number of benzene rings is 1. The van der Waals surface area contributed by atoms with E-state index in [0.29, 0.717) is 0 Å². The monoisotopic (exact) mass is 366 g/mol. The van der Waals surface area contributed by atoms with E-state index >= 15 is 0 Å². The lowest BCUT2D eigenvalue weighted by atomic mass is 9.93. The minimum Gasteiger partial charge on any atom is -0.466 e. The van der Waals surface area contributed by atoms with E-state index in [2.05, 4.69) is 19.7 Å². The first-order valence-corrected chi connectivity index (χ1v) is 6.51. The maximum absolute atomic E-state index is 13.5. The molecule has 2 rings (SSSR count). The van der Waals surface area contributed by atoms with Crippen LogP contribution in [0, 0.1) is 5.82 Å². The maximum Gasteiger partial charge on any atom is 0.442 e. The number of alkyl halides is 3. The second-order valence-electron chi connectivity index (χ2n) is 4.61. The first kappa shape index (κ1) is 17.9. The molecule has 0 aliphatic carbocycles. The van der Waals surface area contributed by atoms with Crippen LogP contribution < -0.4 is 0 Å². The van der Waals surface area contributed by atoms with Crippen LogP contribution in [0.3, 0.4) is 0 Å². The molecule has 0 fully saturated rings. The predicted molar refractivity (Wildman–Crippen MR) is 72.2 cm³/mol. The fraction of sp³-hybridized carbons (Fsp3) is 0.308. The summed E-state index contributed by atoms with van der Waals surface area (Å²) in [5.41, 5.74) is -4.40. The Hall–Kier alpha value is -2.45. The normalized spacial score (nSPS) is 20.0. The van der Waals surface area contributed by atoms with Crippen molar-refractivity contribution in [2.45, 2.75) is 18.2 Å². The largest absolute Gasteiger partial charge is 0.466 e. The Morgan fingerprint density at radius 2 is 2.17 bits per heavy atom. The lowest BCUT2D eigenvalue weighted by molar-refractivity contribution is -0.268. The van der Waals surface area contributed by atoms with E-state index in [4.69, 9.17) is 11.6 Å². The second-order valence-corrected chi connectivity index (χ2v) is 5.02. The quantitative estimate of drug-likeness (QED) is 0.356. The van der Waals surface area contributed by atoms with Gasteiger partial charge in [0, 0.05) is 5.56 Å². The van der Waals surface area contributed by atoms with Gasteiger partial charge in [0.1, 0.15) is 5.69 Å². The Balaban J connectivity index is 2.48. The molecule has 1 heterocycles. The molecular weight excluding hydrogens is 360 g/mol. The lowest BCUT2D eigenvalue weighted by Gasteiger charge is -2.25. The molecule has 0 amide bonds. The minimum absolute atomic E-state index is 0.179. The number of aliphatic imine (C=N–C) groups is 1. The number of carbonyl (C=O) groups is 1. The lowest BCUT2D eigenvalue weighted by Crippen LogP contribution is -2.52. The van der Waals surface area contributed by atoms with Crippen molar-refractivity contribution >= 4 is 35.0 Å². The predicted octanol–water partition coefficient (Wildman–Crippen LogP) is 3.04. The molecule has 24 heavy (non-hydrogen) atoms. The molecule has 1 aromatic carbocycles. The van der Waals surface area contributed by atoms with Gasteiger partial charge in [0.05, 0.1) is 24.3 Å². The molecule has 1 unspecified atom stereocenters. The van der Waals surface area contributed by atoms with Gasteiger partial charge in [-0.15, -0.1) is 0 Å². The SMILES string of the molecule is COC(=O)C1(C(F)(F)F)CC(c2cc(N=C=O)c(F)cc2Cl)=NO1. The topological polar surface area (TPSA) is 77.3 Å². The van der Waals surface area contributed by atoms with Gasteiger partial charge in [-0.1, -0.05) is 16.8 Å². The average Bonchev–Trinajstić information content (AvgIpc) is 2.95. The van der Waals surface area contributed by atoms with Gasteiger partial charge in [0.25, 0.3) is 0 Å². The summed E-state index contributed by atoms with van der Waals surface area (Å²) in [7, 11) is 0.763. The molecule has 0 N–H and O–H groups in total. The summed E-state index contributed by atoms with van der Waals surface area (Å²) in [6.07, 6.45) is -5.07. The number of halogens is 5. The van der Waals surface area contributed by atoms with Crippen molar-refractivity contribution in [1.82, 2.24) is 0 Å². The summed E-state index contributed by atoms with van der Waals surface area (Å²) in [5.74, 6) is -2.68. The third-order valence-electron chi connectivity index (χ3n) is 3.21. The zero-order chi connectivity index (χ0) is 18.1. The molecule has 0 saturated heterocycles. The highest BCUT2D eigenvalue weighted by Crippen LogP contribution is 2.43. The second kappa shape index (κ2) is 6.21. The van der Waals surface area contributed by atoms with Crippen LogP contribution >= 0.6 is 11.6 Å². The molecule has 6 nitrogen and oxygen atoms in total. The fourth-order valence-corrected chi connectivity index (χ4v) is 2.27. The molecule has 1 aliphatic rings. The van der Waals surface area contributed by atoms with Crippen LogP contribution in [0.25, 0.3) is 0 Å². The van der Waals surface area contributed by atoms with Crippen molar-refractivity contribution in [2.24, 2.45) is 10.1 Å². The number of carbonyl (C=O) groups excluding carboxylic acids is 2. The van der Waals surface area contributed by atoms with E-state index in [-0.39, 0.29) is 16.3 Å².